The molecule has 2 bridgehead atoms. The number of rotatable bonds is 5. The predicted molar refractivity (Wildman–Crippen MR) is 98.5 cm³/mol. The number of carbonyl (C=O) groups is 3. The van der Waals surface area contributed by atoms with Crippen LogP contribution in [0.25, 0.3) is 0 Å². The second-order valence-corrected chi connectivity index (χ2v) is 9.08. The van der Waals surface area contributed by atoms with E-state index in [0.717, 1.165) is 5.57 Å². The topological polar surface area (TPSA) is 91.7 Å². The minimum absolute atomic E-state index is 0.141. The highest BCUT2D eigenvalue weighted by Gasteiger charge is 2.71. The van der Waals surface area contributed by atoms with Gasteiger partial charge in [0.2, 0.25) is 0 Å². The van der Waals surface area contributed by atoms with Crippen LogP contribution >= 0.6 is 0 Å². The number of ketones is 3. The molecule has 0 saturated heterocycles. The van der Waals surface area contributed by atoms with E-state index >= 15 is 0 Å². The lowest BCUT2D eigenvalue weighted by Gasteiger charge is -2.38. The fourth-order valence-corrected chi connectivity index (χ4v) is 4.50. The molecule has 1 saturated carbocycles. The van der Waals surface area contributed by atoms with Crippen LogP contribution in [-0.4, -0.2) is 33.2 Å². The number of Topliss-reactive ketones (excluding diaryl/α,β-unsaturated/α-hetero) is 3. The number of hydrogen-bond donors (Lipinski definition) is 2. The Hall–Kier alpha value is -1.75. The highest BCUT2D eigenvalue weighted by Crippen LogP contribution is 2.62. The van der Waals surface area contributed by atoms with E-state index < -0.39 is 51.4 Å². The number of carbonyl (C=O) groups excluding carboxylic acids is 3. The third-order valence-corrected chi connectivity index (χ3v) is 6.03. The summed E-state index contributed by atoms with van der Waals surface area (Å²) in [6.45, 7) is 11.7. The molecule has 0 radical (unpaired) electrons. The molecule has 0 aromatic carbocycles. The Morgan fingerprint density at radius 3 is 2.27 bits per heavy atom. The van der Waals surface area contributed by atoms with Gasteiger partial charge in [0.05, 0.1) is 16.4 Å². The summed E-state index contributed by atoms with van der Waals surface area (Å²) >= 11 is 0. The zero-order chi connectivity index (χ0) is 20.2. The van der Waals surface area contributed by atoms with E-state index in [1.807, 2.05) is 19.9 Å². The van der Waals surface area contributed by atoms with Crippen molar-refractivity contribution in [2.75, 3.05) is 0 Å². The number of hydrogen-bond acceptors (Lipinski definition) is 5. The molecule has 0 aromatic heterocycles. The number of aliphatic hydroxyl groups is 2. The lowest BCUT2D eigenvalue weighted by atomic mass is 9.62. The summed E-state index contributed by atoms with van der Waals surface area (Å²) in [5.74, 6) is -3.07. The molecule has 3 atom stereocenters. The molecule has 5 nitrogen and oxygen atoms in total. The molecular formula is C21H30O5. The molecule has 3 unspecified atom stereocenters. The first-order chi connectivity index (χ1) is 11.7. The van der Waals surface area contributed by atoms with Crippen LogP contribution in [0.15, 0.2) is 23.0 Å². The molecule has 5 heteroatoms. The van der Waals surface area contributed by atoms with Gasteiger partial charge in [-0.3, -0.25) is 14.4 Å². The highest BCUT2D eigenvalue weighted by molar-refractivity contribution is 6.32. The Balaban J connectivity index is 2.80. The van der Waals surface area contributed by atoms with E-state index in [1.54, 1.807) is 27.7 Å². The smallest absolute Gasteiger partial charge is 0.183 e. The molecule has 144 valence electrons. The quantitative estimate of drug-likeness (QED) is 0.445. The third kappa shape index (κ3) is 2.68. The maximum Gasteiger partial charge on any atom is 0.183 e. The van der Waals surface area contributed by atoms with Crippen molar-refractivity contribution in [3.05, 3.63) is 23.0 Å². The van der Waals surface area contributed by atoms with Crippen LogP contribution < -0.4 is 0 Å². The summed E-state index contributed by atoms with van der Waals surface area (Å²) in [6, 6.07) is 0. The van der Waals surface area contributed by atoms with Crippen molar-refractivity contribution in [2.24, 2.45) is 22.7 Å². The molecule has 26 heavy (non-hydrogen) atoms. The van der Waals surface area contributed by atoms with Crippen LogP contribution in [0, 0.1) is 22.7 Å². The van der Waals surface area contributed by atoms with E-state index in [-0.39, 0.29) is 18.4 Å². The van der Waals surface area contributed by atoms with Gasteiger partial charge in [-0.05, 0) is 47.5 Å². The zero-order valence-electron chi connectivity index (χ0n) is 16.8. The van der Waals surface area contributed by atoms with Gasteiger partial charge in [0.15, 0.2) is 17.3 Å². The third-order valence-electron chi connectivity index (χ3n) is 6.03. The van der Waals surface area contributed by atoms with Crippen molar-refractivity contribution in [3.63, 3.8) is 0 Å². The van der Waals surface area contributed by atoms with E-state index in [4.69, 9.17) is 0 Å². The molecule has 2 aliphatic carbocycles. The monoisotopic (exact) mass is 362 g/mol. The van der Waals surface area contributed by atoms with E-state index in [0.29, 0.717) is 0 Å². The van der Waals surface area contributed by atoms with E-state index in [1.165, 1.54) is 6.92 Å². The average molecular weight is 362 g/mol. The summed E-state index contributed by atoms with van der Waals surface area (Å²) in [7, 11) is 0. The lowest BCUT2D eigenvalue weighted by Crippen LogP contribution is -2.52. The van der Waals surface area contributed by atoms with Gasteiger partial charge in [0, 0.05) is 11.8 Å². The van der Waals surface area contributed by atoms with Crippen molar-refractivity contribution >= 4 is 17.3 Å². The molecule has 2 aliphatic rings. The standard InChI is InChI=1S/C21H30O5/c1-11(2)8-9-21-10-13(19(5,6)26)20(7,18(21)25)16(23)14(17(21)24)15(22)12(3)4/h8,12-13,24,26H,9-10H2,1-7H3. The first-order valence-electron chi connectivity index (χ1n) is 9.14. The summed E-state index contributed by atoms with van der Waals surface area (Å²) in [4.78, 5) is 39.3. The Kier molecular flexibility index (Phi) is 4.87. The fraction of sp³-hybridized carbons (Fsp3) is 0.667. The Bertz CT molecular complexity index is 730. The van der Waals surface area contributed by atoms with Crippen molar-refractivity contribution < 1.29 is 24.6 Å². The van der Waals surface area contributed by atoms with Gasteiger partial charge in [-0.2, -0.15) is 0 Å². The Morgan fingerprint density at radius 2 is 1.85 bits per heavy atom. The zero-order valence-corrected chi connectivity index (χ0v) is 16.8. The van der Waals surface area contributed by atoms with Crippen LogP contribution in [-0.2, 0) is 14.4 Å². The van der Waals surface area contributed by atoms with Crippen molar-refractivity contribution in [1.82, 2.24) is 0 Å². The lowest BCUT2D eigenvalue weighted by molar-refractivity contribution is -0.147. The predicted octanol–water partition coefficient (Wildman–Crippen LogP) is 3.32. The van der Waals surface area contributed by atoms with Gasteiger partial charge in [0.1, 0.15) is 11.3 Å². The molecule has 0 aromatic rings. The molecular weight excluding hydrogens is 332 g/mol. The fourth-order valence-electron chi connectivity index (χ4n) is 4.50. The van der Waals surface area contributed by atoms with Gasteiger partial charge < -0.3 is 10.2 Å². The molecule has 0 aliphatic heterocycles. The molecule has 0 amide bonds. The van der Waals surface area contributed by atoms with Gasteiger partial charge in [-0.15, -0.1) is 0 Å². The maximum atomic E-state index is 13.4. The summed E-state index contributed by atoms with van der Waals surface area (Å²) < 4.78 is 0. The van der Waals surface area contributed by atoms with Crippen molar-refractivity contribution in [1.29, 1.82) is 0 Å². The average Bonchev–Trinajstić information content (AvgIpc) is 2.71. The van der Waals surface area contributed by atoms with Gasteiger partial charge >= 0.3 is 0 Å². The van der Waals surface area contributed by atoms with Crippen LogP contribution in [0.1, 0.15) is 61.3 Å². The summed E-state index contributed by atoms with van der Waals surface area (Å²) in [5, 5.41) is 21.7. The number of allylic oxidation sites excluding steroid dienone is 4. The van der Waals surface area contributed by atoms with Gasteiger partial charge in [-0.25, -0.2) is 0 Å². The molecule has 2 N–H and O–H groups in total. The van der Waals surface area contributed by atoms with Crippen molar-refractivity contribution in [2.45, 2.75) is 66.9 Å². The van der Waals surface area contributed by atoms with Crippen LogP contribution in [0.5, 0.6) is 0 Å². The number of fused-ring (bicyclic) bond motifs is 2. The van der Waals surface area contributed by atoms with Crippen LogP contribution in [0.2, 0.25) is 0 Å². The minimum atomic E-state index is -1.51. The van der Waals surface area contributed by atoms with Gasteiger partial charge in [0.25, 0.3) is 0 Å². The molecule has 0 heterocycles. The first kappa shape index (κ1) is 20.6. The highest BCUT2D eigenvalue weighted by atomic mass is 16.3. The summed E-state index contributed by atoms with van der Waals surface area (Å²) in [6.07, 6.45) is 2.20. The van der Waals surface area contributed by atoms with E-state index in [9.17, 15) is 24.6 Å². The van der Waals surface area contributed by atoms with Crippen LogP contribution in [0.3, 0.4) is 0 Å². The largest absolute Gasteiger partial charge is 0.510 e. The minimum Gasteiger partial charge on any atom is -0.510 e. The SMILES string of the molecule is CC(C)=CCC12CC(C(C)(C)O)C(C)(C(=O)C(C(=O)C(C)C)=C1O)C2=O. The normalized spacial score (nSPS) is 31.7. The second-order valence-electron chi connectivity index (χ2n) is 9.08. The van der Waals surface area contributed by atoms with E-state index in [2.05, 4.69) is 0 Å². The number of aliphatic hydroxyl groups excluding tert-OH is 1. The Morgan fingerprint density at radius 1 is 1.31 bits per heavy atom. The second kappa shape index (κ2) is 6.15. The summed E-state index contributed by atoms with van der Waals surface area (Å²) in [5.41, 5.74) is -3.42. The van der Waals surface area contributed by atoms with Crippen LogP contribution in [0.4, 0.5) is 0 Å². The van der Waals surface area contributed by atoms with Crippen molar-refractivity contribution in [3.8, 4) is 0 Å². The van der Waals surface area contributed by atoms with Gasteiger partial charge in [-0.1, -0.05) is 25.5 Å². The maximum absolute atomic E-state index is 13.4. The Labute approximate surface area is 155 Å². The molecule has 1 fully saturated rings. The molecule has 0 spiro atoms. The molecule has 2 rings (SSSR count). The first-order valence-corrected chi connectivity index (χ1v) is 9.14.